The zero-order chi connectivity index (χ0) is 13.1. The number of nitrogens with zero attached hydrogens (tertiary/aromatic N) is 2. The van der Waals surface area contributed by atoms with Crippen molar-refractivity contribution in [1.82, 2.24) is 15.2 Å². The van der Waals surface area contributed by atoms with Crippen LogP contribution in [0.3, 0.4) is 0 Å². The molecule has 0 aliphatic carbocycles. The number of benzene rings is 1. The third-order valence-electron chi connectivity index (χ3n) is 3.50. The van der Waals surface area contributed by atoms with Crippen LogP contribution in [0.15, 0.2) is 35.7 Å². The minimum absolute atomic E-state index is 0.377. The molecule has 1 N–H and O–H groups in total. The van der Waals surface area contributed by atoms with Crippen LogP contribution in [0.25, 0.3) is 0 Å². The van der Waals surface area contributed by atoms with E-state index in [0.29, 0.717) is 6.04 Å². The molecule has 1 fully saturated rings. The molecule has 1 aliphatic heterocycles. The van der Waals surface area contributed by atoms with Gasteiger partial charge in [-0.2, -0.15) is 0 Å². The lowest BCUT2D eigenvalue weighted by molar-refractivity contribution is 0.191. The first-order valence-corrected chi connectivity index (χ1v) is 7.61. The minimum atomic E-state index is 0.377. The lowest BCUT2D eigenvalue weighted by Crippen LogP contribution is -2.45. The Morgan fingerprint density at radius 2 is 2.21 bits per heavy atom. The smallest absolute Gasteiger partial charge is 0.0898 e. The highest BCUT2D eigenvalue weighted by atomic mass is 32.1. The maximum absolute atomic E-state index is 4.61. The van der Waals surface area contributed by atoms with Crippen LogP contribution in [0, 0.1) is 6.92 Å². The monoisotopic (exact) mass is 273 g/mol. The SMILES string of the molecule is Cc1nc(C2CN(Cc3ccccc3)CCN2)cs1. The molecule has 1 saturated heterocycles. The molecule has 1 atom stereocenters. The number of nitrogens with one attached hydrogen (secondary N) is 1. The molecule has 1 unspecified atom stereocenters. The Hall–Kier alpha value is -1.23. The van der Waals surface area contributed by atoms with Gasteiger partial charge in [-0.15, -0.1) is 11.3 Å². The molecular weight excluding hydrogens is 254 g/mol. The number of aryl methyl sites for hydroxylation is 1. The van der Waals surface area contributed by atoms with Crippen LogP contribution in [0.2, 0.25) is 0 Å². The molecule has 2 heterocycles. The van der Waals surface area contributed by atoms with Crippen molar-refractivity contribution >= 4 is 11.3 Å². The van der Waals surface area contributed by atoms with Gasteiger partial charge in [-0.25, -0.2) is 4.98 Å². The second-order valence-corrected chi connectivity index (χ2v) is 6.08. The van der Waals surface area contributed by atoms with Gasteiger partial charge >= 0.3 is 0 Å². The van der Waals surface area contributed by atoms with E-state index in [0.717, 1.165) is 31.2 Å². The predicted molar refractivity (Wildman–Crippen MR) is 79.3 cm³/mol. The summed E-state index contributed by atoms with van der Waals surface area (Å²) in [5, 5.41) is 6.90. The number of piperazine rings is 1. The van der Waals surface area contributed by atoms with Crippen molar-refractivity contribution in [2.45, 2.75) is 19.5 Å². The second-order valence-electron chi connectivity index (χ2n) is 5.02. The third kappa shape index (κ3) is 3.21. The summed E-state index contributed by atoms with van der Waals surface area (Å²) in [6.07, 6.45) is 0. The highest BCUT2D eigenvalue weighted by molar-refractivity contribution is 7.09. The fourth-order valence-corrected chi connectivity index (χ4v) is 3.20. The van der Waals surface area contributed by atoms with Crippen LogP contribution < -0.4 is 5.32 Å². The van der Waals surface area contributed by atoms with Crippen molar-refractivity contribution in [2.24, 2.45) is 0 Å². The first-order valence-electron chi connectivity index (χ1n) is 6.73. The van der Waals surface area contributed by atoms with Crippen molar-refractivity contribution in [2.75, 3.05) is 19.6 Å². The molecule has 0 spiro atoms. The van der Waals surface area contributed by atoms with Gasteiger partial charge in [-0.3, -0.25) is 4.90 Å². The van der Waals surface area contributed by atoms with Crippen molar-refractivity contribution in [3.05, 3.63) is 52.0 Å². The average molecular weight is 273 g/mol. The van der Waals surface area contributed by atoms with Crippen molar-refractivity contribution in [3.63, 3.8) is 0 Å². The Morgan fingerprint density at radius 3 is 2.95 bits per heavy atom. The molecule has 1 aromatic carbocycles. The van der Waals surface area contributed by atoms with Crippen LogP contribution in [-0.2, 0) is 6.54 Å². The number of hydrogen-bond donors (Lipinski definition) is 1. The molecule has 19 heavy (non-hydrogen) atoms. The summed E-state index contributed by atoms with van der Waals surface area (Å²) in [4.78, 5) is 7.11. The number of rotatable bonds is 3. The van der Waals surface area contributed by atoms with Crippen LogP contribution in [0.4, 0.5) is 0 Å². The van der Waals surface area contributed by atoms with Crippen molar-refractivity contribution < 1.29 is 0 Å². The first-order chi connectivity index (χ1) is 9.31. The van der Waals surface area contributed by atoms with E-state index in [2.05, 4.69) is 57.8 Å². The van der Waals surface area contributed by atoms with Crippen molar-refractivity contribution in [3.8, 4) is 0 Å². The quantitative estimate of drug-likeness (QED) is 0.931. The van der Waals surface area contributed by atoms with Gasteiger partial charge in [0.25, 0.3) is 0 Å². The molecule has 3 nitrogen and oxygen atoms in total. The fourth-order valence-electron chi connectivity index (χ4n) is 2.53. The van der Waals surface area contributed by atoms with Gasteiger partial charge in [0.2, 0.25) is 0 Å². The van der Waals surface area contributed by atoms with Crippen LogP contribution in [-0.4, -0.2) is 29.5 Å². The highest BCUT2D eigenvalue weighted by Crippen LogP contribution is 2.20. The standard InChI is InChI=1S/C15H19N3S/c1-12-17-15(11-19-12)14-10-18(8-7-16-14)9-13-5-3-2-4-6-13/h2-6,11,14,16H,7-10H2,1H3. The summed E-state index contributed by atoms with van der Waals surface area (Å²) in [5.41, 5.74) is 2.58. The summed E-state index contributed by atoms with van der Waals surface area (Å²) < 4.78 is 0. The van der Waals surface area contributed by atoms with E-state index in [9.17, 15) is 0 Å². The first kappa shape index (κ1) is 12.8. The van der Waals surface area contributed by atoms with E-state index in [4.69, 9.17) is 0 Å². The van der Waals surface area contributed by atoms with Gasteiger partial charge < -0.3 is 5.32 Å². The average Bonchev–Trinajstić information content (AvgIpc) is 2.87. The van der Waals surface area contributed by atoms with Gasteiger partial charge in [-0.05, 0) is 12.5 Å². The molecule has 0 bridgehead atoms. The Bertz CT molecular complexity index is 523. The summed E-state index contributed by atoms with van der Waals surface area (Å²) in [5.74, 6) is 0. The van der Waals surface area contributed by atoms with Crippen LogP contribution in [0.5, 0.6) is 0 Å². The second kappa shape index (κ2) is 5.82. The van der Waals surface area contributed by atoms with Crippen LogP contribution in [0.1, 0.15) is 22.3 Å². The Kier molecular flexibility index (Phi) is 3.92. The van der Waals surface area contributed by atoms with Gasteiger partial charge in [0, 0.05) is 31.6 Å². The molecule has 100 valence electrons. The fraction of sp³-hybridized carbons (Fsp3) is 0.400. The minimum Gasteiger partial charge on any atom is -0.306 e. The molecule has 0 radical (unpaired) electrons. The molecular formula is C15H19N3S. The maximum atomic E-state index is 4.61. The lowest BCUT2D eigenvalue weighted by Gasteiger charge is -2.33. The largest absolute Gasteiger partial charge is 0.306 e. The zero-order valence-corrected chi connectivity index (χ0v) is 12.0. The van der Waals surface area contributed by atoms with Gasteiger partial charge in [0.15, 0.2) is 0 Å². The topological polar surface area (TPSA) is 28.2 Å². The zero-order valence-electron chi connectivity index (χ0n) is 11.2. The molecule has 3 rings (SSSR count). The molecule has 0 amide bonds. The molecule has 1 aliphatic rings. The van der Waals surface area contributed by atoms with E-state index < -0.39 is 0 Å². The lowest BCUT2D eigenvalue weighted by atomic mass is 10.1. The summed E-state index contributed by atoms with van der Waals surface area (Å²) in [6.45, 7) is 6.28. The van der Waals surface area contributed by atoms with Crippen molar-refractivity contribution in [1.29, 1.82) is 0 Å². The van der Waals surface area contributed by atoms with Gasteiger partial charge in [0.05, 0.1) is 16.7 Å². The molecule has 1 aromatic heterocycles. The van der Waals surface area contributed by atoms with Gasteiger partial charge in [0.1, 0.15) is 0 Å². The van der Waals surface area contributed by atoms with Crippen LogP contribution >= 0.6 is 11.3 Å². The van der Waals surface area contributed by atoms with Gasteiger partial charge in [-0.1, -0.05) is 30.3 Å². The molecule has 0 saturated carbocycles. The molecule has 4 heteroatoms. The third-order valence-corrected chi connectivity index (χ3v) is 4.29. The van der Waals surface area contributed by atoms with E-state index in [1.807, 2.05) is 0 Å². The Labute approximate surface area is 118 Å². The number of aromatic nitrogens is 1. The number of thiazole rings is 1. The Morgan fingerprint density at radius 1 is 1.37 bits per heavy atom. The van der Waals surface area contributed by atoms with E-state index >= 15 is 0 Å². The summed E-state index contributed by atoms with van der Waals surface area (Å²) >= 11 is 1.73. The normalized spacial score (nSPS) is 20.6. The predicted octanol–water partition coefficient (Wildman–Crippen LogP) is 2.60. The number of hydrogen-bond acceptors (Lipinski definition) is 4. The van der Waals surface area contributed by atoms with E-state index in [-0.39, 0.29) is 0 Å². The Balaban J connectivity index is 1.65. The molecule has 2 aromatic rings. The summed E-state index contributed by atoms with van der Waals surface area (Å²) in [6, 6.07) is 11.1. The van der Waals surface area contributed by atoms with E-state index in [1.165, 1.54) is 11.3 Å². The summed E-state index contributed by atoms with van der Waals surface area (Å²) in [7, 11) is 0. The van der Waals surface area contributed by atoms with E-state index in [1.54, 1.807) is 11.3 Å². The maximum Gasteiger partial charge on any atom is 0.0898 e. The highest BCUT2D eigenvalue weighted by Gasteiger charge is 2.22.